The number of carbonyl (C=O) groups is 1. The number of hydrogen-bond acceptors (Lipinski definition) is 3. The number of hydrogen-bond donors (Lipinski definition) is 1. The molecule has 1 aromatic heterocycles. The summed E-state index contributed by atoms with van der Waals surface area (Å²) >= 11 is 6.25. The lowest BCUT2D eigenvalue weighted by molar-refractivity contribution is 0.0739. The van der Waals surface area contributed by atoms with E-state index in [-0.39, 0.29) is 23.7 Å². The highest BCUT2D eigenvalue weighted by Crippen LogP contribution is 2.22. The average Bonchev–Trinajstić information content (AvgIpc) is 2.82. The van der Waals surface area contributed by atoms with Crippen LogP contribution in [0.25, 0.3) is 0 Å². The second-order valence-corrected chi connectivity index (χ2v) is 7.73. The number of halogens is 2. The minimum Gasteiger partial charge on any atom is -0.341 e. The molecule has 0 aliphatic heterocycles. The summed E-state index contributed by atoms with van der Waals surface area (Å²) in [6.45, 7) is 9.55. The number of nitrogens with zero attached hydrogens (tertiary/aromatic N) is 3. The lowest BCUT2D eigenvalue weighted by Gasteiger charge is -2.29. The zero-order valence-electron chi connectivity index (χ0n) is 16.0. The van der Waals surface area contributed by atoms with Crippen molar-refractivity contribution in [2.45, 2.75) is 34.2 Å². The Hall–Kier alpha value is -1.56. The normalized spacial score (nSPS) is 11.2. The summed E-state index contributed by atoms with van der Waals surface area (Å²) in [5.41, 5.74) is 8.87. The quantitative estimate of drug-likeness (QED) is 0.806. The maximum absolute atomic E-state index is 12.9. The third-order valence-electron chi connectivity index (χ3n) is 4.44. The highest BCUT2D eigenvalue weighted by molar-refractivity contribution is 6.31. The van der Waals surface area contributed by atoms with Gasteiger partial charge < -0.3 is 10.6 Å². The van der Waals surface area contributed by atoms with Crippen LogP contribution in [0.3, 0.4) is 0 Å². The number of aryl methyl sites for hydroxylation is 1. The summed E-state index contributed by atoms with van der Waals surface area (Å²) in [4.78, 5) is 14.6. The van der Waals surface area contributed by atoms with E-state index in [1.807, 2.05) is 49.8 Å². The van der Waals surface area contributed by atoms with Crippen LogP contribution < -0.4 is 5.73 Å². The molecule has 0 aliphatic carbocycles. The zero-order chi connectivity index (χ0) is 18.8. The lowest BCUT2D eigenvalue weighted by Crippen LogP contribution is -2.40. The predicted molar refractivity (Wildman–Crippen MR) is 109 cm³/mol. The molecule has 0 aliphatic rings. The van der Waals surface area contributed by atoms with Gasteiger partial charge in [0.15, 0.2) is 0 Å². The van der Waals surface area contributed by atoms with E-state index >= 15 is 0 Å². The molecule has 2 N–H and O–H groups in total. The van der Waals surface area contributed by atoms with Crippen molar-refractivity contribution >= 4 is 29.9 Å². The minimum absolute atomic E-state index is 0. The van der Waals surface area contributed by atoms with Crippen molar-refractivity contribution in [1.29, 1.82) is 0 Å². The number of carbonyl (C=O) groups excluding carboxylic acids is 1. The summed E-state index contributed by atoms with van der Waals surface area (Å²) in [5.74, 6) is -0.0260. The van der Waals surface area contributed by atoms with Gasteiger partial charge in [-0.05, 0) is 37.4 Å². The largest absolute Gasteiger partial charge is 0.341 e. The van der Waals surface area contributed by atoms with Crippen LogP contribution >= 0.6 is 24.0 Å². The predicted octanol–water partition coefficient (Wildman–Crippen LogP) is 3.68. The Morgan fingerprint density at radius 2 is 1.92 bits per heavy atom. The second-order valence-electron chi connectivity index (χ2n) is 7.32. The van der Waals surface area contributed by atoms with E-state index in [2.05, 4.69) is 18.9 Å². The van der Waals surface area contributed by atoms with Gasteiger partial charge in [0.1, 0.15) is 0 Å². The van der Waals surface area contributed by atoms with Crippen LogP contribution in [0.2, 0.25) is 5.02 Å². The molecule has 26 heavy (non-hydrogen) atoms. The molecule has 0 unspecified atom stereocenters. The van der Waals surface area contributed by atoms with Crippen LogP contribution in [0, 0.1) is 19.3 Å². The summed E-state index contributed by atoms with van der Waals surface area (Å²) in [6.07, 6.45) is 0. The van der Waals surface area contributed by atoms with Crippen molar-refractivity contribution in [2.24, 2.45) is 11.1 Å². The van der Waals surface area contributed by atoms with Crippen LogP contribution in [0.5, 0.6) is 0 Å². The van der Waals surface area contributed by atoms with E-state index in [0.29, 0.717) is 30.2 Å². The summed E-state index contributed by atoms with van der Waals surface area (Å²) < 4.78 is 1.84. The van der Waals surface area contributed by atoms with Crippen molar-refractivity contribution in [3.05, 3.63) is 51.8 Å². The molecule has 2 rings (SSSR count). The molecule has 5 nitrogen and oxygen atoms in total. The number of nitrogens with two attached hydrogens (primary N) is 1. The Kier molecular flexibility index (Phi) is 7.69. The Bertz CT molecular complexity index is 771. The SMILES string of the molecule is Cc1nn(Cc2ccccc2Cl)c(C)c1C(=O)N(C)CC(C)(C)CN.Cl. The number of amides is 1. The van der Waals surface area contributed by atoms with Gasteiger partial charge in [-0.2, -0.15) is 5.10 Å². The van der Waals surface area contributed by atoms with Crippen LogP contribution in [-0.4, -0.2) is 40.7 Å². The molecule has 0 saturated carbocycles. The molecular formula is C19H28Cl2N4O. The molecule has 0 radical (unpaired) electrons. The third-order valence-corrected chi connectivity index (χ3v) is 4.81. The summed E-state index contributed by atoms with van der Waals surface area (Å²) in [5, 5.41) is 5.25. The number of aromatic nitrogens is 2. The lowest BCUT2D eigenvalue weighted by atomic mass is 9.93. The van der Waals surface area contributed by atoms with Gasteiger partial charge in [-0.3, -0.25) is 9.48 Å². The van der Waals surface area contributed by atoms with Gasteiger partial charge in [0.2, 0.25) is 0 Å². The zero-order valence-corrected chi connectivity index (χ0v) is 17.6. The Morgan fingerprint density at radius 3 is 2.50 bits per heavy atom. The summed E-state index contributed by atoms with van der Waals surface area (Å²) in [6, 6.07) is 7.67. The fraction of sp³-hybridized carbons (Fsp3) is 0.474. The maximum atomic E-state index is 12.9. The van der Waals surface area contributed by atoms with Gasteiger partial charge in [0.25, 0.3) is 5.91 Å². The Balaban J connectivity index is 0.00000338. The third kappa shape index (κ3) is 5.00. The number of benzene rings is 1. The number of rotatable bonds is 6. The van der Waals surface area contributed by atoms with Crippen LogP contribution in [0.4, 0.5) is 0 Å². The fourth-order valence-electron chi connectivity index (χ4n) is 2.92. The van der Waals surface area contributed by atoms with Crippen molar-refractivity contribution in [1.82, 2.24) is 14.7 Å². The van der Waals surface area contributed by atoms with E-state index in [4.69, 9.17) is 17.3 Å². The monoisotopic (exact) mass is 398 g/mol. The standard InChI is InChI=1S/C19H27ClN4O.ClH/c1-13-17(18(25)23(5)12-19(3,4)11-21)14(2)24(22-13)10-15-8-6-7-9-16(15)20;/h6-9H,10-12,21H2,1-5H3;1H. The van der Waals surface area contributed by atoms with E-state index in [1.54, 1.807) is 4.90 Å². The molecule has 2 aromatic rings. The first-order chi connectivity index (χ1) is 11.7. The van der Waals surface area contributed by atoms with Crippen molar-refractivity contribution < 1.29 is 4.79 Å². The van der Waals surface area contributed by atoms with Gasteiger partial charge in [0.05, 0.1) is 17.8 Å². The molecule has 0 fully saturated rings. The molecule has 0 spiro atoms. The van der Waals surface area contributed by atoms with E-state index in [1.165, 1.54) is 0 Å². The van der Waals surface area contributed by atoms with E-state index < -0.39 is 0 Å². The summed E-state index contributed by atoms with van der Waals surface area (Å²) in [7, 11) is 1.81. The van der Waals surface area contributed by atoms with E-state index in [9.17, 15) is 4.79 Å². The molecule has 1 amide bonds. The van der Waals surface area contributed by atoms with Gasteiger partial charge in [-0.15, -0.1) is 12.4 Å². The molecule has 0 bridgehead atoms. The Labute approximate surface area is 166 Å². The first-order valence-electron chi connectivity index (χ1n) is 8.39. The molecule has 1 aromatic carbocycles. The van der Waals surface area contributed by atoms with Crippen LogP contribution in [0.1, 0.15) is 41.2 Å². The maximum Gasteiger partial charge on any atom is 0.257 e. The van der Waals surface area contributed by atoms with Crippen molar-refractivity contribution in [3.63, 3.8) is 0 Å². The molecule has 7 heteroatoms. The van der Waals surface area contributed by atoms with E-state index in [0.717, 1.165) is 17.0 Å². The molecule has 0 atom stereocenters. The molecule has 144 valence electrons. The smallest absolute Gasteiger partial charge is 0.257 e. The first-order valence-corrected chi connectivity index (χ1v) is 8.77. The fourth-order valence-corrected chi connectivity index (χ4v) is 3.11. The Morgan fingerprint density at radius 1 is 1.31 bits per heavy atom. The topological polar surface area (TPSA) is 64.2 Å². The highest BCUT2D eigenvalue weighted by atomic mass is 35.5. The van der Waals surface area contributed by atoms with Crippen LogP contribution in [0.15, 0.2) is 24.3 Å². The second kappa shape index (κ2) is 8.89. The molecule has 1 heterocycles. The first kappa shape index (κ1) is 22.5. The molecular weight excluding hydrogens is 371 g/mol. The minimum atomic E-state index is -0.125. The average molecular weight is 399 g/mol. The van der Waals surface area contributed by atoms with Crippen LogP contribution in [-0.2, 0) is 6.54 Å². The van der Waals surface area contributed by atoms with Gasteiger partial charge in [0, 0.05) is 24.3 Å². The van der Waals surface area contributed by atoms with Gasteiger partial charge in [-0.25, -0.2) is 0 Å². The highest BCUT2D eigenvalue weighted by Gasteiger charge is 2.26. The van der Waals surface area contributed by atoms with Crippen molar-refractivity contribution in [3.8, 4) is 0 Å². The van der Waals surface area contributed by atoms with Gasteiger partial charge >= 0.3 is 0 Å². The molecule has 0 saturated heterocycles. The van der Waals surface area contributed by atoms with Gasteiger partial charge in [-0.1, -0.05) is 43.6 Å². The van der Waals surface area contributed by atoms with Crippen molar-refractivity contribution in [2.75, 3.05) is 20.1 Å².